The molecule has 0 bridgehead atoms. The fourth-order valence-electron chi connectivity index (χ4n) is 1.21. The number of hydrogen-bond acceptors (Lipinski definition) is 4. The number of carbonyl (C=O) groups is 1. The summed E-state index contributed by atoms with van der Waals surface area (Å²) in [6.45, 7) is 0.356. The minimum Gasteiger partial charge on any atom is -0.309 e. The van der Waals surface area contributed by atoms with Gasteiger partial charge in [0.15, 0.2) is 6.29 Å². The first-order chi connectivity index (χ1) is 7.69. The Hall–Kier alpha value is -1.46. The number of aromatic nitrogens is 2. The lowest BCUT2D eigenvalue weighted by Gasteiger charge is -2.01. The molecule has 0 saturated heterocycles. The molecule has 0 radical (unpaired) electrons. The van der Waals surface area contributed by atoms with Crippen LogP contribution >= 0.6 is 22.9 Å². The Balaban J connectivity index is 2.26. The Labute approximate surface area is 100 Å². The summed E-state index contributed by atoms with van der Waals surface area (Å²) in [6.07, 6.45) is 3.84. The van der Waals surface area contributed by atoms with Crippen LogP contribution in [0.4, 0.5) is 0 Å². The highest BCUT2D eigenvalue weighted by Crippen LogP contribution is 2.11. The molecule has 0 unspecified atom stereocenters. The number of pyridine rings is 1. The van der Waals surface area contributed by atoms with E-state index in [4.69, 9.17) is 11.6 Å². The number of thiazole rings is 1. The SMILES string of the molecule is O=Cc1cnc(Cn2ccc(Cl)cc2=O)s1. The first-order valence-electron chi connectivity index (χ1n) is 4.45. The molecule has 0 spiro atoms. The van der Waals surface area contributed by atoms with E-state index in [0.29, 0.717) is 21.5 Å². The van der Waals surface area contributed by atoms with Crippen molar-refractivity contribution >= 4 is 29.2 Å². The minimum atomic E-state index is -0.185. The van der Waals surface area contributed by atoms with Crippen molar-refractivity contribution in [2.24, 2.45) is 0 Å². The van der Waals surface area contributed by atoms with E-state index in [2.05, 4.69) is 4.98 Å². The van der Waals surface area contributed by atoms with Crippen LogP contribution in [0.5, 0.6) is 0 Å². The van der Waals surface area contributed by atoms with Crippen LogP contribution in [0.2, 0.25) is 5.02 Å². The lowest BCUT2D eigenvalue weighted by Crippen LogP contribution is -2.18. The van der Waals surface area contributed by atoms with Gasteiger partial charge < -0.3 is 4.57 Å². The molecule has 2 rings (SSSR count). The Morgan fingerprint density at radius 1 is 1.56 bits per heavy atom. The van der Waals surface area contributed by atoms with Crippen molar-refractivity contribution in [3.05, 3.63) is 49.8 Å². The summed E-state index contributed by atoms with van der Waals surface area (Å²) >= 11 is 6.94. The van der Waals surface area contributed by atoms with Crippen molar-refractivity contribution in [1.29, 1.82) is 0 Å². The van der Waals surface area contributed by atoms with Crippen LogP contribution in [-0.2, 0) is 6.54 Å². The van der Waals surface area contributed by atoms with Gasteiger partial charge in [-0.1, -0.05) is 11.6 Å². The number of nitrogens with zero attached hydrogens (tertiary/aromatic N) is 2. The molecule has 2 aromatic heterocycles. The van der Waals surface area contributed by atoms with Gasteiger partial charge in [-0.25, -0.2) is 4.98 Å². The van der Waals surface area contributed by atoms with E-state index in [9.17, 15) is 9.59 Å². The van der Waals surface area contributed by atoms with Crippen molar-refractivity contribution in [1.82, 2.24) is 9.55 Å². The standard InChI is InChI=1S/C10H7ClN2O2S/c11-7-1-2-13(10(15)3-7)5-9-12-4-8(6-14)16-9/h1-4,6H,5H2. The van der Waals surface area contributed by atoms with Gasteiger partial charge in [0, 0.05) is 23.5 Å². The lowest BCUT2D eigenvalue weighted by molar-refractivity contribution is 0.112. The largest absolute Gasteiger partial charge is 0.309 e. The van der Waals surface area contributed by atoms with Crippen LogP contribution in [0.1, 0.15) is 14.7 Å². The molecule has 0 amide bonds. The average Bonchev–Trinajstić information content (AvgIpc) is 2.70. The second-order valence-electron chi connectivity index (χ2n) is 3.09. The second kappa shape index (κ2) is 4.59. The van der Waals surface area contributed by atoms with Gasteiger partial charge in [0.2, 0.25) is 0 Å². The maximum atomic E-state index is 11.5. The summed E-state index contributed by atoms with van der Waals surface area (Å²) in [5, 5.41) is 1.13. The van der Waals surface area contributed by atoms with Crippen LogP contribution < -0.4 is 5.56 Å². The summed E-state index contributed by atoms with van der Waals surface area (Å²) in [5.41, 5.74) is -0.185. The van der Waals surface area contributed by atoms with Crippen LogP contribution in [0.15, 0.2) is 29.3 Å². The molecule has 0 atom stereocenters. The van der Waals surface area contributed by atoms with E-state index in [-0.39, 0.29) is 5.56 Å². The van der Waals surface area contributed by atoms with Gasteiger partial charge >= 0.3 is 0 Å². The highest BCUT2D eigenvalue weighted by molar-refractivity contribution is 7.13. The smallest absolute Gasteiger partial charge is 0.252 e. The minimum absolute atomic E-state index is 0.185. The number of rotatable bonds is 3. The molecule has 0 aromatic carbocycles. The molecule has 0 saturated carbocycles. The van der Waals surface area contributed by atoms with E-state index in [1.165, 1.54) is 28.2 Å². The zero-order valence-electron chi connectivity index (χ0n) is 8.09. The van der Waals surface area contributed by atoms with Crippen LogP contribution in [0, 0.1) is 0 Å². The van der Waals surface area contributed by atoms with E-state index in [1.54, 1.807) is 12.3 Å². The van der Waals surface area contributed by atoms with Gasteiger partial charge in [0.25, 0.3) is 5.56 Å². The molecule has 0 aliphatic rings. The summed E-state index contributed by atoms with van der Waals surface area (Å²) < 4.78 is 1.49. The first-order valence-corrected chi connectivity index (χ1v) is 5.64. The molecule has 16 heavy (non-hydrogen) atoms. The molecule has 0 aliphatic carbocycles. The number of carbonyl (C=O) groups excluding carboxylic acids is 1. The fourth-order valence-corrected chi connectivity index (χ4v) is 2.10. The van der Waals surface area contributed by atoms with Gasteiger partial charge in [0.05, 0.1) is 11.4 Å². The Bertz CT molecular complexity index is 576. The average molecular weight is 255 g/mol. The molecule has 4 nitrogen and oxygen atoms in total. The molecule has 82 valence electrons. The zero-order chi connectivity index (χ0) is 11.5. The third-order valence-electron chi connectivity index (χ3n) is 1.95. The molecule has 6 heteroatoms. The fraction of sp³-hybridized carbons (Fsp3) is 0.100. The number of aldehydes is 1. The van der Waals surface area contributed by atoms with Crippen molar-refractivity contribution in [3.8, 4) is 0 Å². The maximum Gasteiger partial charge on any atom is 0.252 e. The van der Waals surface area contributed by atoms with E-state index in [0.717, 1.165) is 6.29 Å². The normalized spacial score (nSPS) is 10.3. The van der Waals surface area contributed by atoms with Crippen molar-refractivity contribution in [2.45, 2.75) is 6.54 Å². The highest BCUT2D eigenvalue weighted by atomic mass is 35.5. The van der Waals surface area contributed by atoms with E-state index in [1.807, 2.05) is 0 Å². The topological polar surface area (TPSA) is 52.0 Å². The summed E-state index contributed by atoms with van der Waals surface area (Å²) in [7, 11) is 0. The molecule has 2 heterocycles. The van der Waals surface area contributed by atoms with E-state index >= 15 is 0 Å². The van der Waals surface area contributed by atoms with Crippen LogP contribution in [0.3, 0.4) is 0 Å². The summed E-state index contributed by atoms with van der Waals surface area (Å²) in [6, 6.07) is 2.98. The number of halogens is 1. The van der Waals surface area contributed by atoms with Gasteiger partial charge in [-0.2, -0.15) is 0 Å². The zero-order valence-corrected chi connectivity index (χ0v) is 9.66. The van der Waals surface area contributed by atoms with Crippen LogP contribution in [0.25, 0.3) is 0 Å². The summed E-state index contributed by atoms with van der Waals surface area (Å²) in [5.74, 6) is 0. The monoisotopic (exact) mass is 254 g/mol. The van der Waals surface area contributed by atoms with Gasteiger partial charge in [-0.15, -0.1) is 11.3 Å². The van der Waals surface area contributed by atoms with Crippen molar-refractivity contribution < 1.29 is 4.79 Å². The van der Waals surface area contributed by atoms with Gasteiger partial charge in [0.1, 0.15) is 5.01 Å². The molecular weight excluding hydrogens is 248 g/mol. The lowest BCUT2D eigenvalue weighted by atomic mass is 10.4. The summed E-state index contributed by atoms with van der Waals surface area (Å²) in [4.78, 5) is 26.6. The van der Waals surface area contributed by atoms with Gasteiger partial charge in [-0.05, 0) is 6.07 Å². The first kappa shape index (κ1) is 11.0. The molecule has 2 aromatic rings. The Morgan fingerprint density at radius 2 is 2.38 bits per heavy atom. The predicted molar refractivity (Wildman–Crippen MR) is 62.3 cm³/mol. The second-order valence-corrected chi connectivity index (χ2v) is 4.67. The molecular formula is C10H7ClN2O2S. The van der Waals surface area contributed by atoms with Crippen molar-refractivity contribution in [2.75, 3.05) is 0 Å². The molecule has 0 fully saturated rings. The van der Waals surface area contributed by atoms with Crippen molar-refractivity contribution in [3.63, 3.8) is 0 Å². The Morgan fingerprint density at radius 3 is 3.00 bits per heavy atom. The molecule has 0 aliphatic heterocycles. The Kier molecular flexibility index (Phi) is 3.17. The quantitative estimate of drug-likeness (QED) is 0.785. The third kappa shape index (κ3) is 2.37. The maximum absolute atomic E-state index is 11.5. The third-order valence-corrected chi connectivity index (χ3v) is 3.09. The van der Waals surface area contributed by atoms with Gasteiger partial charge in [-0.3, -0.25) is 9.59 Å². The predicted octanol–water partition coefficient (Wildman–Crippen LogP) is 1.82. The highest BCUT2D eigenvalue weighted by Gasteiger charge is 2.03. The number of hydrogen-bond donors (Lipinski definition) is 0. The van der Waals surface area contributed by atoms with Crippen LogP contribution in [-0.4, -0.2) is 15.8 Å². The molecule has 0 N–H and O–H groups in total. The van der Waals surface area contributed by atoms with E-state index < -0.39 is 0 Å².